The van der Waals surface area contributed by atoms with Gasteiger partial charge in [-0.3, -0.25) is 0 Å². The fourth-order valence-electron chi connectivity index (χ4n) is 4.09. The van der Waals surface area contributed by atoms with Gasteiger partial charge in [-0.1, -0.05) is 0 Å². The summed E-state index contributed by atoms with van der Waals surface area (Å²) in [6.45, 7) is 16.4. The van der Waals surface area contributed by atoms with Gasteiger partial charge in [0, 0.05) is 0 Å². The Morgan fingerprint density at radius 2 is 1.39 bits per heavy atom. The zero-order valence-electron chi connectivity index (χ0n) is 17.0. The number of aliphatic imine (C=N–C) groups is 1. The van der Waals surface area contributed by atoms with E-state index in [1.165, 1.54) is 44.2 Å². The van der Waals surface area contributed by atoms with E-state index in [0.29, 0.717) is 6.04 Å². The zero-order chi connectivity index (χ0) is 17.5. The molecule has 1 unspecified atom stereocenters. The standard InChI is InChI=1S/C9H14N.3C4H9.Sn/c1-7-5-6-9(3,4)8(2)10-7;3*1-3-4-2;/h6-7H,1-4H3;3*1,3-4H2,2H3;. The number of rotatable bonds is 10. The second-order valence-corrected chi connectivity index (χ2v) is 21.5. The van der Waals surface area contributed by atoms with Crippen LogP contribution in [0.4, 0.5) is 0 Å². The van der Waals surface area contributed by atoms with Crippen LogP contribution in [0.5, 0.6) is 0 Å². The molecule has 0 N–H and O–H groups in total. The number of hydrogen-bond acceptors (Lipinski definition) is 1. The molecule has 0 aliphatic carbocycles. The van der Waals surface area contributed by atoms with Gasteiger partial charge < -0.3 is 0 Å². The third-order valence-corrected chi connectivity index (χ3v) is 22.2. The van der Waals surface area contributed by atoms with Gasteiger partial charge >= 0.3 is 151 Å². The van der Waals surface area contributed by atoms with Crippen molar-refractivity contribution < 1.29 is 0 Å². The van der Waals surface area contributed by atoms with Crippen molar-refractivity contribution in [3.05, 3.63) is 9.67 Å². The summed E-state index contributed by atoms with van der Waals surface area (Å²) in [5, 5.41) is 0. The van der Waals surface area contributed by atoms with E-state index < -0.39 is 18.4 Å². The van der Waals surface area contributed by atoms with Crippen LogP contribution in [0.25, 0.3) is 0 Å². The van der Waals surface area contributed by atoms with Crippen molar-refractivity contribution in [3.8, 4) is 0 Å². The molecule has 0 fully saturated rings. The summed E-state index contributed by atoms with van der Waals surface area (Å²) in [4.78, 5) is 5.11. The normalized spacial score (nSPS) is 21.1. The summed E-state index contributed by atoms with van der Waals surface area (Å²) in [6, 6.07) is 0.462. The average Bonchev–Trinajstić information content (AvgIpc) is 2.51. The first-order chi connectivity index (χ1) is 10.8. The van der Waals surface area contributed by atoms with Crippen LogP contribution in [0.2, 0.25) is 13.3 Å². The monoisotopic (exact) mass is 427 g/mol. The van der Waals surface area contributed by atoms with Crippen molar-refractivity contribution in [2.24, 2.45) is 10.4 Å². The SMILES string of the molecule is CCC[CH2][Sn]([CH2]CCC)([CH2]CCC)[C]1=CC(C)(C)C(C)=NC1C. The van der Waals surface area contributed by atoms with Gasteiger partial charge in [0.2, 0.25) is 0 Å². The van der Waals surface area contributed by atoms with Crippen LogP contribution in [0.3, 0.4) is 0 Å². The van der Waals surface area contributed by atoms with Crippen molar-refractivity contribution in [2.75, 3.05) is 0 Å². The number of nitrogens with zero attached hydrogens (tertiary/aromatic N) is 1. The molecular weight excluding hydrogens is 385 g/mol. The second kappa shape index (κ2) is 9.63. The van der Waals surface area contributed by atoms with Crippen molar-refractivity contribution >= 4 is 24.1 Å². The van der Waals surface area contributed by atoms with E-state index in [0.717, 1.165) is 0 Å². The van der Waals surface area contributed by atoms with E-state index in [1.54, 1.807) is 13.3 Å². The molecule has 1 nitrogen and oxygen atoms in total. The molecule has 0 aromatic rings. The molecule has 0 aromatic carbocycles. The Hall–Kier alpha value is 0.209. The van der Waals surface area contributed by atoms with Crippen LogP contribution >= 0.6 is 0 Å². The molecule has 1 rings (SSSR count). The molecule has 1 aliphatic rings. The molecule has 0 aromatic heterocycles. The third kappa shape index (κ3) is 5.61. The topological polar surface area (TPSA) is 12.4 Å². The van der Waals surface area contributed by atoms with Gasteiger partial charge in [-0.05, 0) is 0 Å². The van der Waals surface area contributed by atoms with Gasteiger partial charge in [-0.15, -0.1) is 0 Å². The predicted molar refractivity (Wildman–Crippen MR) is 109 cm³/mol. The van der Waals surface area contributed by atoms with E-state index >= 15 is 0 Å². The fraction of sp³-hybridized carbons (Fsp3) is 0.857. The van der Waals surface area contributed by atoms with E-state index in [4.69, 9.17) is 4.99 Å². The summed E-state index contributed by atoms with van der Waals surface area (Å²) in [5.74, 6) is 0. The first kappa shape index (κ1) is 21.3. The number of allylic oxidation sites excluding steroid dienone is 1. The minimum atomic E-state index is -2.29. The van der Waals surface area contributed by atoms with Gasteiger partial charge in [-0.25, -0.2) is 0 Å². The second-order valence-electron chi connectivity index (χ2n) is 8.30. The summed E-state index contributed by atoms with van der Waals surface area (Å²) in [6.07, 6.45) is 11.1. The van der Waals surface area contributed by atoms with E-state index in [2.05, 4.69) is 54.5 Å². The maximum absolute atomic E-state index is 5.11. The molecule has 0 saturated carbocycles. The molecule has 1 atom stereocenters. The summed E-state index contributed by atoms with van der Waals surface area (Å²) < 4.78 is 6.55. The molecule has 134 valence electrons. The van der Waals surface area contributed by atoms with E-state index in [9.17, 15) is 0 Å². The van der Waals surface area contributed by atoms with Crippen LogP contribution in [0.15, 0.2) is 14.7 Å². The summed E-state index contributed by atoms with van der Waals surface area (Å²) in [7, 11) is 0. The van der Waals surface area contributed by atoms with Gasteiger partial charge in [-0.2, -0.15) is 0 Å². The molecule has 0 spiro atoms. The number of dihydropyridines is 1. The van der Waals surface area contributed by atoms with Crippen molar-refractivity contribution in [3.63, 3.8) is 0 Å². The van der Waals surface area contributed by atoms with Gasteiger partial charge in [0.1, 0.15) is 0 Å². The van der Waals surface area contributed by atoms with Crippen LogP contribution in [0.1, 0.15) is 87.0 Å². The van der Waals surface area contributed by atoms with E-state index in [-0.39, 0.29) is 5.41 Å². The van der Waals surface area contributed by atoms with Crippen molar-refractivity contribution in [2.45, 2.75) is 106 Å². The quantitative estimate of drug-likeness (QED) is 0.328. The van der Waals surface area contributed by atoms with Crippen LogP contribution in [0, 0.1) is 5.41 Å². The van der Waals surface area contributed by atoms with Gasteiger partial charge in [0.05, 0.1) is 0 Å². The average molecular weight is 426 g/mol. The van der Waals surface area contributed by atoms with Crippen molar-refractivity contribution in [1.29, 1.82) is 0 Å². The van der Waals surface area contributed by atoms with Crippen LogP contribution < -0.4 is 0 Å². The minimum absolute atomic E-state index is 0.175. The first-order valence-electron chi connectivity index (χ1n) is 10.1. The summed E-state index contributed by atoms with van der Waals surface area (Å²) in [5.41, 5.74) is 1.50. The Kier molecular flexibility index (Phi) is 8.90. The molecular formula is C21H41NSn. The zero-order valence-corrected chi connectivity index (χ0v) is 19.8. The van der Waals surface area contributed by atoms with Crippen LogP contribution in [-0.2, 0) is 0 Å². The molecule has 1 heterocycles. The summed E-state index contributed by atoms with van der Waals surface area (Å²) >= 11 is -2.29. The van der Waals surface area contributed by atoms with Crippen molar-refractivity contribution in [1.82, 2.24) is 0 Å². The molecule has 0 bridgehead atoms. The fourth-order valence-corrected chi connectivity index (χ4v) is 22.1. The Labute approximate surface area is 150 Å². The Bertz CT molecular complexity index is 398. The Morgan fingerprint density at radius 1 is 0.957 bits per heavy atom. The molecule has 0 amide bonds. The number of unbranched alkanes of at least 4 members (excludes halogenated alkanes) is 3. The molecule has 0 radical (unpaired) electrons. The van der Waals surface area contributed by atoms with Gasteiger partial charge in [0.15, 0.2) is 0 Å². The predicted octanol–water partition coefficient (Wildman–Crippen LogP) is 7.19. The van der Waals surface area contributed by atoms with Gasteiger partial charge in [0.25, 0.3) is 0 Å². The molecule has 1 aliphatic heterocycles. The van der Waals surface area contributed by atoms with Crippen LogP contribution in [-0.4, -0.2) is 30.1 Å². The van der Waals surface area contributed by atoms with E-state index in [1.807, 2.05) is 3.59 Å². The molecule has 23 heavy (non-hydrogen) atoms. The Balaban J connectivity index is 3.23. The maximum atomic E-state index is 5.11. The number of hydrogen-bond donors (Lipinski definition) is 0. The molecule has 0 saturated heterocycles. The molecule has 2 heteroatoms. The third-order valence-electron chi connectivity index (χ3n) is 5.93. The first-order valence-corrected chi connectivity index (χ1v) is 17.6. The Morgan fingerprint density at radius 3 is 1.78 bits per heavy atom.